The summed E-state index contributed by atoms with van der Waals surface area (Å²) in [6.45, 7) is 1.98. The fraction of sp³-hybridized carbons (Fsp3) is 0.400. The Morgan fingerprint density at radius 1 is 1.33 bits per heavy atom. The van der Waals surface area contributed by atoms with E-state index in [2.05, 4.69) is 22.0 Å². The molecule has 1 aliphatic carbocycles. The lowest BCUT2D eigenvalue weighted by atomic mass is 9.92. The third-order valence-electron chi connectivity index (χ3n) is 3.22. The molecule has 0 bridgehead atoms. The van der Waals surface area contributed by atoms with Crippen LogP contribution in [0.1, 0.15) is 41.6 Å². The predicted octanol–water partition coefficient (Wildman–Crippen LogP) is 4.45. The van der Waals surface area contributed by atoms with Crippen LogP contribution in [0.25, 0.3) is 0 Å². The summed E-state index contributed by atoms with van der Waals surface area (Å²) in [5.74, 6) is 0.744. The van der Waals surface area contributed by atoms with Crippen molar-refractivity contribution in [3.05, 3.63) is 39.4 Å². The van der Waals surface area contributed by atoms with Gasteiger partial charge >= 0.3 is 0 Å². The first kappa shape index (κ1) is 13.3. The molecule has 0 radical (unpaired) electrons. The number of hydrogen-bond acceptors (Lipinski definition) is 2. The highest BCUT2D eigenvalue weighted by Gasteiger charge is 2.20. The smallest absolute Gasteiger partial charge is 0.192 e. The van der Waals surface area contributed by atoms with Crippen LogP contribution in [0.5, 0.6) is 5.75 Å². The molecule has 0 N–H and O–H groups in total. The van der Waals surface area contributed by atoms with Gasteiger partial charge in [0.15, 0.2) is 5.78 Å². The molecule has 1 aromatic rings. The van der Waals surface area contributed by atoms with Gasteiger partial charge in [0.25, 0.3) is 0 Å². The highest BCUT2D eigenvalue weighted by Crippen LogP contribution is 2.33. The van der Waals surface area contributed by atoms with Crippen molar-refractivity contribution >= 4 is 21.7 Å². The van der Waals surface area contributed by atoms with E-state index in [1.807, 2.05) is 19.1 Å². The van der Waals surface area contributed by atoms with Crippen LogP contribution >= 0.6 is 15.9 Å². The van der Waals surface area contributed by atoms with Gasteiger partial charge < -0.3 is 4.74 Å². The molecule has 3 heteroatoms. The third-order valence-corrected chi connectivity index (χ3v) is 3.81. The summed E-state index contributed by atoms with van der Waals surface area (Å²) >= 11 is 3.45. The fourth-order valence-electron chi connectivity index (χ4n) is 2.32. The van der Waals surface area contributed by atoms with Crippen LogP contribution in [0.4, 0.5) is 0 Å². The monoisotopic (exact) mass is 308 g/mol. The number of aryl methyl sites for hydroxylation is 1. The maximum Gasteiger partial charge on any atom is 0.192 e. The molecule has 2 rings (SSSR count). The van der Waals surface area contributed by atoms with Crippen molar-refractivity contribution in [3.8, 4) is 5.75 Å². The van der Waals surface area contributed by atoms with Gasteiger partial charge in [-0.2, -0.15) is 0 Å². The van der Waals surface area contributed by atoms with E-state index < -0.39 is 0 Å². The van der Waals surface area contributed by atoms with Gasteiger partial charge in [-0.15, -0.1) is 0 Å². The minimum absolute atomic E-state index is 0.107. The summed E-state index contributed by atoms with van der Waals surface area (Å²) in [4.78, 5) is 12.5. The quantitative estimate of drug-likeness (QED) is 0.771. The van der Waals surface area contributed by atoms with Gasteiger partial charge in [0.2, 0.25) is 0 Å². The molecule has 0 spiro atoms. The number of halogens is 1. The Labute approximate surface area is 116 Å². The number of ether oxygens (including phenoxy) is 1. The molecule has 0 amide bonds. The van der Waals surface area contributed by atoms with Gasteiger partial charge in [-0.05, 0) is 71.8 Å². The lowest BCUT2D eigenvalue weighted by molar-refractivity contribution is 0.102. The highest BCUT2D eigenvalue weighted by molar-refractivity contribution is 9.10. The van der Waals surface area contributed by atoms with Crippen molar-refractivity contribution in [1.29, 1.82) is 0 Å². The molecular formula is C15H17BrO2. The van der Waals surface area contributed by atoms with Gasteiger partial charge in [-0.3, -0.25) is 4.79 Å². The summed E-state index contributed by atoms with van der Waals surface area (Å²) in [6, 6.07) is 3.87. The number of hydrogen-bond donors (Lipinski definition) is 0. The van der Waals surface area contributed by atoms with Gasteiger partial charge in [-0.1, -0.05) is 6.08 Å². The van der Waals surface area contributed by atoms with E-state index in [4.69, 9.17) is 4.74 Å². The zero-order valence-corrected chi connectivity index (χ0v) is 12.3. The number of carbonyl (C=O) groups is 1. The molecule has 0 fully saturated rings. The first-order chi connectivity index (χ1) is 8.63. The lowest BCUT2D eigenvalue weighted by Gasteiger charge is -2.15. The third kappa shape index (κ3) is 2.66. The van der Waals surface area contributed by atoms with Crippen LogP contribution < -0.4 is 4.74 Å². The number of allylic oxidation sites excluding steroid dienone is 2. The molecular weight excluding hydrogens is 292 g/mol. The Morgan fingerprint density at radius 2 is 2.11 bits per heavy atom. The van der Waals surface area contributed by atoms with E-state index in [0.29, 0.717) is 11.3 Å². The van der Waals surface area contributed by atoms with E-state index in [-0.39, 0.29) is 5.78 Å². The zero-order valence-electron chi connectivity index (χ0n) is 10.8. The molecule has 0 atom stereocenters. The minimum Gasteiger partial charge on any atom is -0.495 e. The second-order valence-electron chi connectivity index (χ2n) is 4.63. The molecule has 0 aromatic heterocycles. The van der Waals surface area contributed by atoms with E-state index in [9.17, 15) is 4.79 Å². The topological polar surface area (TPSA) is 26.3 Å². The van der Waals surface area contributed by atoms with Crippen LogP contribution in [-0.2, 0) is 0 Å². The normalized spacial score (nSPS) is 15.2. The second-order valence-corrected chi connectivity index (χ2v) is 5.49. The van der Waals surface area contributed by atoms with E-state index in [1.165, 1.54) is 6.42 Å². The molecule has 0 saturated heterocycles. The number of carbonyl (C=O) groups excluding carboxylic acids is 1. The van der Waals surface area contributed by atoms with E-state index in [0.717, 1.165) is 34.9 Å². The molecule has 0 aliphatic heterocycles. The largest absolute Gasteiger partial charge is 0.495 e. The van der Waals surface area contributed by atoms with E-state index >= 15 is 0 Å². The van der Waals surface area contributed by atoms with E-state index in [1.54, 1.807) is 7.11 Å². The second kappa shape index (κ2) is 5.70. The number of benzene rings is 1. The molecule has 1 aliphatic rings. The standard InChI is InChI=1S/C15H17BrO2/c1-10-8-12(15(18-2)13(16)9-10)14(17)11-6-4-3-5-7-11/h6,8-9H,3-5,7H2,1-2H3. The molecule has 2 nitrogen and oxygen atoms in total. The predicted molar refractivity (Wildman–Crippen MR) is 76.3 cm³/mol. The first-order valence-electron chi connectivity index (χ1n) is 6.21. The molecule has 18 heavy (non-hydrogen) atoms. The molecule has 0 unspecified atom stereocenters. The molecule has 96 valence electrons. The average Bonchev–Trinajstić information content (AvgIpc) is 2.38. The van der Waals surface area contributed by atoms with Crippen LogP contribution in [-0.4, -0.2) is 12.9 Å². The summed E-state index contributed by atoms with van der Waals surface area (Å²) in [5, 5.41) is 0. The SMILES string of the molecule is COc1c(Br)cc(C)cc1C(=O)C1=CCCCC1. The average molecular weight is 309 g/mol. The fourth-order valence-corrected chi connectivity index (χ4v) is 3.06. The van der Waals surface area contributed by atoms with Crippen molar-refractivity contribution in [2.45, 2.75) is 32.6 Å². The van der Waals surface area contributed by atoms with Crippen molar-refractivity contribution in [2.24, 2.45) is 0 Å². The van der Waals surface area contributed by atoms with Crippen LogP contribution in [0, 0.1) is 6.92 Å². The zero-order chi connectivity index (χ0) is 13.1. The van der Waals surface area contributed by atoms with Gasteiger partial charge in [-0.25, -0.2) is 0 Å². The molecule has 1 aromatic carbocycles. The Kier molecular flexibility index (Phi) is 4.23. The van der Waals surface area contributed by atoms with Gasteiger partial charge in [0, 0.05) is 0 Å². The van der Waals surface area contributed by atoms with Gasteiger partial charge in [0.1, 0.15) is 5.75 Å². The maximum atomic E-state index is 12.5. The maximum absolute atomic E-state index is 12.5. The molecule has 0 heterocycles. The Balaban J connectivity index is 2.43. The van der Waals surface area contributed by atoms with Crippen LogP contribution in [0.15, 0.2) is 28.3 Å². The Bertz CT molecular complexity index is 503. The number of ketones is 1. The number of Topliss-reactive ketones (excluding diaryl/α,β-unsaturated/α-hetero) is 1. The number of rotatable bonds is 3. The number of methoxy groups -OCH3 is 1. The van der Waals surface area contributed by atoms with Crippen LogP contribution in [0.2, 0.25) is 0 Å². The van der Waals surface area contributed by atoms with Crippen molar-refractivity contribution in [1.82, 2.24) is 0 Å². The van der Waals surface area contributed by atoms with Crippen LogP contribution in [0.3, 0.4) is 0 Å². The summed E-state index contributed by atoms with van der Waals surface area (Å²) < 4.78 is 6.19. The summed E-state index contributed by atoms with van der Waals surface area (Å²) in [7, 11) is 1.60. The van der Waals surface area contributed by atoms with Crippen molar-refractivity contribution < 1.29 is 9.53 Å². The Hall–Kier alpha value is -1.09. The lowest BCUT2D eigenvalue weighted by Crippen LogP contribution is -2.09. The van der Waals surface area contributed by atoms with Crippen molar-refractivity contribution in [3.63, 3.8) is 0 Å². The Morgan fingerprint density at radius 3 is 2.72 bits per heavy atom. The summed E-state index contributed by atoms with van der Waals surface area (Å²) in [5.41, 5.74) is 2.65. The first-order valence-corrected chi connectivity index (χ1v) is 7.00. The summed E-state index contributed by atoms with van der Waals surface area (Å²) in [6.07, 6.45) is 6.25. The highest BCUT2D eigenvalue weighted by atomic mass is 79.9. The van der Waals surface area contributed by atoms with Crippen molar-refractivity contribution in [2.75, 3.05) is 7.11 Å². The van der Waals surface area contributed by atoms with Gasteiger partial charge in [0.05, 0.1) is 17.1 Å². The molecule has 0 saturated carbocycles. The minimum atomic E-state index is 0.107.